The standard InChI is InChI=1S/C34H24ClN7O8S2.2Na/c35-26-3-1-2-4-27(26)40-41-32-28(51(45,46)47)17-21-18-29(52(48,49)50)33(34(44)30(21)31(32)36)42-39-23-11-7-20(8-12-23)19-5-9-22(10-6-19)37-38-24-13-15-25(43)16-14-24;;/h1-18,43-44H,36H2,(H,45,46,47)(H,48,49,50);;/q;2*+1/p-2. The molecule has 262 valence electrons. The minimum atomic E-state index is -5.36. The Kier molecular flexibility index (Phi) is 13.9. The molecule has 6 rings (SSSR count). The van der Waals surface area contributed by atoms with Crippen molar-refractivity contribution < 1.29 is 95.3 Å². The van der Waals surface area contributed by atoms with Gasteiger partial charge in [-0.05, 0) is 89.3 Å². The van der Waals surface area contributed by atoms with Crippen LogP contribution < -0.4 is 64.8 Å². The van der Waals surface area contributed by atoms with E-state index in [1.165, 1.54) is 24.3 Å². The topological polar surface area (TPSA) is 255 Å². The number of hydrogen-bond acceptors (Lipinski definition) is 15. The predicted molar refractivity (Wildman–Crippen MR) is 190 cm³/mol. The van der Waals surface area contributed by atoms with Crippen LogP contribution in [0.2, 0.25) is 5.02 Å². The van der Waals surface area contributed by atoms with Gasteiger partial charge in [-0.15, -0.1) is 15.3 Å². The quantitative estimate of drug-likeness (QED) is 0.0838. The van der Waals surface area contributed by atoms with Crippen LogP contribution in [-0.4, -0.2) is 36.2 Å². The summed E-state index contributed by atoms with van der Waals surface area (Å²) in [5, 5.41) is 43.9. The zero-order valence-electron chi connectivity index (χ0n) is 28.2. The number of aromatic hydroxyl groups is 2. The molecule has 0 fully saturated rings. The first-order valence-electron chi connectivity index (χ1n) is 14.7. The van der Waals surface area contributed by atoms with Crippen LogP contribution in [0.15, 0.2) is 150 Å². The Balaban J connectivity index is 0.00000325. The van der Waals surface area contributed by atoms with Gasteiger partial charge in [0.2, 0.25) is 0 Å². The van der Waals surface area contributed by atoms with E-state index in [1.54, 1.807) is 60.7 Å². The minimum absolute atomic E-state index is 0. The molecule has 0 aliphatic carbocycles. The molecule has 0 radical (unpaired) electrons. The van der Waals surface area contributed by atoms with Crippen molar-refractivity contribution in [2.24, 2.45) is 30.7 Å². The molecule has 0 aliphatic heterocycles. The molecule has 0 bridgehead atoms. The van der Waals surface area contributed by atoms with E-state index in [2.05, 4.69) is 30.7 Å². The molecule has 0 amide bonds. The van der Waals surface area contributed by atoms with Gasteiger partial charge in [-0.2, -0.15) is 15.3 Å². The largest absolute Gasteiger partial charge is 1.00 e. The van der Waals surface area contributed by atoms with E-state index in [-0.39, 0.29) is 92.0 Å². The van der Waals surface area contributed by atoms with Gasteiger partial charge in [0.05, 0.1) is 42.9 Å². The fourth-order valence-corrected chi connectivity index (χ4v) is 6.39. The Hall–Kier alpha value is -4.11. The van der Waals surface area contributed by atoms with Crippen LogP contribution in [0.25, 0.3) is 21.9 Å². The van der Waals surface area contributed by atoms with Crippen LogP contribution in [-0.2, 0) is 20.2 Å². The first kappa shape index (κ1) is 42.6. The van der Waals surface area contributed by atoms with Crippen molar-refractivity contribution in [2.45, 2.75) is 9.79 Å². The maximum Gasteiger partial charge on any atom is 1.00 e. The van der Waals surface area contributed by atoms with Crippen molar-refractivity contribution in [2.75, 3.05) is 5.73 Å². The Morgan fingerprint density at radius 1 is 0.574 bits per heavy atom. The fraction of sp³-hybridized carbons (Fsp3) is 0. The molecule has 20 heteroatoms. The third-order valence-electron chi connectivity index (χ3n) is 7.43. The summed E-state index contributed by atoms with van der Waals surface area (Å²) in [6.07, 6.45) is 0. The molecule has 0 heterocycles. The molecule has 0 saturated carbocycles. The number of benzene rings is 6. The number of phenols is 2. The monoisotopic (exact) mass is 801 g/mol. The molecule has 0 aromatic heterocycles. The predicted octanol–water partition coefficient (Wildman–Crippen LogP) is 3.22. The molecule has 0 spiro atoms. The van der Waals surface area contributed by atoms with E-state index in [1.807, 2.05) is 12.1 Å². The number of halogens is 1. The molecular weight excluding hydrogens is 780 g/mol. The smallest absolute Gasteiger partial charge is 0.744 e. The van der Waals surface area contributed by atoms with Crippen molar-refractivity contribution in [3.05, 3.63) is 114 Å². The summed E-state index contributed by atoms with van der Waals surface area (Å²) in [7, 11) is -10.7. The summed E-state index contributed by atoms with van der Waals surface area (Å²) in [5.74, 6) is -0.828. The van der Waals surface area contributed by atoms with E-state index in [4.69, 9.17) is 17.3 Å². The second kappa shape index (κ2) is 17.6. The Morgan fingerprint density at radius 3 is 1.48 bits per heavy atom. The van der Waals surface area contributed by atoms with Crippen LogP contribution in [0.5, 0.6) is 11.5 Å². The molecule has 0 unspecified atom stereocenters. The summed E-state index contributed by atoms with van der Waals surface area (Å²) in [6, 6.07) is 27.5. The summed E-state index contributed by atoms with van der Waals surface area (Å²) in [4.78, 5) is -2.05. The summed E-state index contributed by atoms with van der Waals surface area (Å²) in [5.41, 5.74) is 7.22. The van der Waals surface area contributed by atoms with Crippen molar-refractivity contribution in [3.63, 3.8) is 0 Å². The minimum Gasteiger partial charge on any atom is -0.744 e. The Labute approximate surface area is 357 Å². The fourth-order valence-electron chi connectivity index (χ4n) is 4.91. The Bertz CT molecular complexity index is 2670. The number of anilines is 1. The van der Waals surface area contributed by atoms with E-state index in [9.17, 15) is 36.2 Å². The SMILES string of the molecule is Nc1c(N=Nc2ccccc2Cl)c(S(=O)(=O)[O-])cc2cc(S(=O)(=O)[O-])c(N=Nc3ccc(-c4ccc(N=Nc5ccc(O)cc5)cc4)cc3)c(O)c12.[Na+].[Na+]. The molecule has 4 N–H and O–H groups in total. The number of nitrogen functional groups attached to an aromatic ring is 1. The van der Waals surface area contributed by atoms with Gasteiger partial charge in [0.15, 0.2) is 5.75 Å². The van der Waals surface area contributed by atoms with Crippen LogP contribution in [0.3, 0.4) is 0 Å². The number of fused-ring (bicyclic) bond motifs is 1. The van der Waals surface area contributed by atoms with Gasteiger partial charge in [-0.3, -0.25) is 0 Å². The number of nitrogens with two attached hydrogens (primary N) is 1. The van der Waals surface area contributed by atoms with Gasteiger partial charge in [0.1, 0.15) is 43.0 Å². The maximum absolute atomic E-state index is 12.3. The molecule has 54 heavy (non-hydrogen) atoms. The average molecular weight is 802 g/mol. The average Bonchev–Trinajstić information content (AvgIpc) is 3.10. The first-order chi connectivity index (χ1) is 24.7. The van der Waals surface area contributed by atoms with Gasteiger partial charge in [-0.25, -0.2) is 16.8 Å². The molecular formula is C34H22ClN7Na2O8S2. The van der Waals surface area contributed by atoms with Crippen molar-refractivity contribution >= 4 is 82.4 Å². The van der Waals surface area contributed by atoms with E-state index in [0.29, 0.717) is 17.4 Å². The second-order valence-electron chi connectivity index (χ2n) is 10.9. The summed E-state index contributed by atoms with van der Waals surface area (Å²) < 4.78 is 73.5. The second-order valence-corrected chi connectivity index (χ2v) is 14.0. The first-order valence-corrected chi connectivity index (χ1v) is 17.9. The van der Waals surface area contributed by atoms with E-state index in [0.717, 1.165) is 17.2 Å². The molecule has 15 nitrogen and oxygen atoms in total. The Morgan fingerprint density at radius 2 is 1.00 bits per heavy atom. The van der Waals surface area contributed by atoms with Crippen LogP contribution in [0.4, 0.5) is 39.8 Å². The van der Waals surface area contributed by atoms with Gasteiger partial charge >= 0.3 is 59.1 Å². The van der Waals surface area contributed by atoms with E-state index < -0.39 is 52.8 Å². The third kappa shape index (κ3) is 9.76. The molecule has 0 saturated heterocycles. The van der Waals surface area contributed by atoms with Crippen molar-refractivity contribution in [1.82, 2.24) is 0 Å². The van der Waals surface area contributed by atoms with Crippen LogP contribution in [0, 0.1) is 0 Å². The van der Waals surface area contributed by atoms with Gasteiger partial charge in [0.25, 0.3) is 0 Å². The van der Waals surface area contributed by atoms with Crippen LogP contribution in [0.1, 0.15) is 0 Å². The number of phenolic OH excluding ortho intramolecular Hbond substituents is 2. The van der Waals surface area contributed by atoms with Crippen molar-refractivity contribution in [3.8, 4) is 22.6 Å². The number of rotatable bonds is 9. The number of nitrogens with zero attached hydrogens (tertiary/aromatic N) is 6. The zero-order valence-corrected chi connectivity index (χ0v) is 34.6. The number of hydrogen-bond donors (Lipinski definition) is 3. The van der Waals surface area contributed by atoms with Gasteiger partial charge in [0, 0.05) is 0 Å². The summed E-state index contributed by atoms with van der Waals surface area (Å²) in [6.45, 7) is 0. The maximum atomic E-state index is 12.3. The van der Waals surface area contributed by atoms with Crippen LogP contribution >= 0.6 is 11.6 Å². The number of azo groups is 3. The van der Waals surface area contributed by atoms with Crippen molar-refractivity contribution in [1.29, 1.82) is 0 Å². The third-order valence-corrected chi connectivity index (χ3v) is 9.45. The zero-order chi connectivity index (χ0) is 37.2. The van der Waals surface area contributed by atoms with Gasteiger partial charge in [-0.1, -0.05) is 48.0 Å². The molecule has 0 aliphatic rings. The molecule has 0 atom stereocenters. The summed E-state index contributed by atoms with van der Waals surface area (Å²) >= 11 is 6.10. The molecule has 6 aromatic carbocycles. The molecule has 6 aromatic rings. The van der Waals surface area contributed by atoms with Gasteiger partial charge < -0.3 is 25.1 Å². The van der Waals surface area contributed by atoms with E-state index >= 15 is 0 Å². The normalized spacial score (nSPS) is 12.0.